The van der Waals surface area contributed by atoms with Gasteiger partial charge in [-0.05, 0) is 26.7 Å². The average Bonchev–Trinajstić information content (AvgIpc) is 2.67. The molecule has 0 bridgehead atoms. The van der Waals surface area contributed by atoms with Crippen LogP contribution in [0.4, 0.5) is 9.59 Å². The first-order chi connectivity index (χ1) is 13.8. The Labute approximate surface area is 176 Å². The van der Waals surface area contributed by atoms with E-state index in [2.05, 4.69) is 34.1 Å². The second kappa shape index (κ2) is 30.6. The van der Waals surface area contributed by atoms with Crippen LogP contribution < -0.4 is 11.5 Å². The van der Waals surface area contributed by atoms with E-state index in [9.17, 15) is 19.2 Å². The topological polar surface area (TPSA) is 220 Å². The highest BCUT2D eigenvalue weighted by molar-refractivity contribution is 5.85. The van der Waals surface area contributed by atoms with E-state index < -0.39 is 24.1 Å². The van der Waals surface area contributed by atoms with Gasteiger partial charge in [-0.2, -0.15) is 0 Å². The molecule has 0 radical (unpaired) electrons. The van der Waals surface area contributed by atoms with Gasteiger partial charge < -0.3 is 41.4 Å². The third-order valence-corrected chi connectivity index (χ3v) is 2.13. The molecule has 0 aromatic rings. The summed E-state index contributed by atoms with van der Waals surface area (Å²) >= 11 is 0. The van der Waals surface area contributed by atoms with Crippen molar-refractivity contribution in [1.29, 1.82) is 0 Å². The van der Waals surface area contributed by atoms with Crippen LogP contribution in [0.3, 0.4) is 0 Å². The SMILES string of the molecule is C=C(CC)C(=O)O.C=C(CC)C(=O)O.CCOC(N)=O.CCOC(N)=O.OCCO. The normalized spacial score (nSPS) is 7.80. The zero-order chi connectivity index (χ0) is 25.1. The van der Waals surface area contributed by atoms with E-state index in [1.165, 1.54) is 0 Å². The molecule has 30 heavy (non-hydrogen) atoms. The Morgan fingerprint density at radius 1 is 0.700 bits per heavy atom. The monoisotopic (exact) mass is 440 g/mol. The molecule has 12 nitrogen and oxygen atoms in total. The Balaban J connectivity index is -0.0000000878. The molecule has 8 N–H and O–H groups in total. The number of hydrogen-bond acceptors (Lipinski definition) is 8. The molecule has 0 heterocycles. The average molecular weight is 440 g/mol. The molecule has 0 aromatic carbocycles. The number of ether oxygens (including phenoxy) is 2. The Morgan fingerprint density at radius 2 is 0.933 bits per heavy atom. The summed E-state index contributed by atoms with van der Waals surface area (Å²) in [5.74, 6) is -1.80. The number of amides is 2. The Bertz CT molecular complexity index is 449. The van der Waals surface area contributed by atoms with Crippen LogP contribution in [-0.4, -0.2) is 71.0 Å². The fourth-order valence-corrected chi connectivity index (χ4v) is 0.587. The van der Waals surface area contributed by atoms with Crippen LogP contribution in [0, 0.1) is 0 Å². The van der Waals surface area contributed by atoms with Gasteiger partial charge in [-0.25, -0.2) is 19.2 Å². The number of carbonyl (C=O) groups excluding carboxylic acids is 2. The maximum Gasteiger partial charge on any atom is 0.404 e. The number of nitrogens with two attached hydrogens (primary N) is 2. The van der Waals surface area contributed by atoms with Gasteiger partial charge in [0.25, 0.3) is 0 Å². The minimum atomic E-state index is -0.900. The number of hydrogen-bond donors (Lipinski definition) is 6. The zero-order valence-electron chi connectivity index (χ0n) is 18.0. The third-order valence-electron chi connectivity index (χ3n) is 2.13. The van der Waals surface area contributed by atoms with Crippen LogP contribution in [0.15, 0.2) is 24.3 Å². The van der Waals surface area contributed by atoms with E-state index >= 15 is 0 Å². The molecule has 0 aromatic heterocycles. The van der Waals surface area contributed by atoms with Gasteiger partial charge in [0.05, 0.1) is 26.4 Å². The van der Waals surface area contributed by atoms with Crippen molar-refractivity contribution < 1.29 is 49.1 Å². The van der Waals surface area contributed by atoms with Gasteiger partial charge in [0.1, 0.15) is 0 Å². The second-order valence-electron chi connectivity index (χ2n) is 4.48. The summed E-state index contributed by atoms with van der Waals surface area (Å²) in [5, 5.41) is 31.4. The smallest absolute Gasteiger partial charge is 0.404 e. The molecular weight excluding hydrogens is 404 g/mol. The highest BCUT2D eigenvalue weighted by atomic mass is 16.5. The molecule has 2 amide bonds. The molecule has 178 valence electrons. The highest BCUT2D eigenvalue weighted by Gasteiger charge is 1.97. The highest BCUT2D eigenvalue weighted by Crippen LogP contribution is 1.93. The predicted octanol–water partition coefficient (Wildman–Crippen LogP) is 1.25. The first-order valence-electron chi connectivity index (χ1n) is 8.70. The number of carboxylic acids is 2. The van der Waals surface area contributed by atoms with Crippen molar-refractivity contribution in [2.45, 2.75) is 40.5 Å². The molecule has 0 aliphatic rings. The van der Waals surface area contributed by atoms with E-state index in [0.29, 0.717) is 26.1 Å². The summed E-state index contributed by atoms with van der Waals surface area (Å²) in [6.07, 6.45) is -0.375. The van der Waals surface area contributed by atoms with Crippen molar-refractivity contribution in [2.75, 3.05) is 26.4 Å². The lowest BCUT2D eigenvalue weighted by Crippen LogP contribution is -2.11. The van der Waals surface area contributed by atoms with Gasteiger partial charge >= 0.3 is 24.1 Å². The fraction of sp³-hybridized carbons (Fsp3) is 0.556. The first kappa shape index (κ1) is 37.6. The van der Waals surface area contributed by atoms with Gasteiger partial charge in [-0.1, -0.05) is 27.0 Å². The molecule has 0 saturated heterocycles. The third kappa shape index (κ3) is 56.3. The van der Waals surface area contributed by atoms with Gasteiger partial charge in [0.2, 0.25) is 0 Å². The maximum atomic E-state index is 9.83. The fourth-order valence-electron chi connectivity index (χ4n) is 0.587. The largest absolute Gasteiger partial charge is 0.478 e. The summed E-state index contributed by atoms with van der Waals surface area (Å²) in [6.45, 7) is 13.9. The lowest BCUT2D eigenvalue weighted by Gasteiger charge is -1.89. The molecule has 12 heteroatoms. The minimum absolute atomic E-state index is 0.125. The van der Waals surface area contributed by atoms with Crippen molar-refractivity contribution in [2.24, 2.45) is 11.5 Å². The van der Waals surface area contributed by atoms with E-state index in [1.807, 2.05) is 0 Å². The molecule has 0 fully saturated rings. The number of carboxylic acid groups (broad SMARTS) is 2. The molecule has 0 unspecified atom stereocenters. The van der Waals surface area contributed by atoms with E-state index in [0.717, 1.165) is 0 Å². The van der Waals surface area contributed by atoms with Gasteiger partial charge in [0, 0.05) is 11.1 Å². The number of aliphatic hydroxyl groups is 2. The van der Waals surface area contributed by atoms with Gasteiger partial charge in [-0.3, -0.25) is 0 Å². The maximum absolute atomic E-state index is 9.83. The van der Waals surface area contributed by atoms with E-state index in [-0.39, 0.29) is 24.4 Å². The molecule has 0 aliphatic heterocycles. The Hall–Kier alpha value is -3.12. The van der Waals surface area contributed by atoms with Crippen molar-refractivity contribution >= 4 is 24.1 Å². The zero-order valence-corrected chi connectivity index (χ0v) is 18.0. The number of carbonyl (C=O) groups is 4. The molecule has 0 rings (SSSR count). The summed E-state index contributed by atoms with van der Waals surface area (Å²) < 4.78 is 8.36. The van der Waals surface area contributed by atoms with Crippen molar-refractivity contribution in [3.05, 3.63) is 24.3 Å². The molecule has 0 saturated carbocycles. The quantitative estimate of drug-likeness (QED) is 0.311. The van der Waals surface area contributed by atoms with Crippen molar-refractivity contribution in [3.8, 4) is 0 Å². The molecule has 0 aliphatic carbocycles. The standard InChI is InChI=1S/2C5H8O2.2C3H7NO2.C2H6O2/c2*1-3-4(2)5(6)7;2*1-2-6-3(4)5;3-1-2-4/h2*2-3H2,1H3,(H,6,7);2*2H2,1H3,(H2,4,5);3-4H,1-2H2. The number of aliphatic hydroxyl groups excluding tert-OH is 2. The molecule has 0 atom stereocenters. The van der Waals surface area contributed by atoms with Gasteiger partial charge in [-0.15, -0.1) is 0 Å². The Kier molecular flexibility index (Phi) is 38.4. The van der Waals surface area contributed by atoms with Crippen LogP contribution in [0.5, 0.6) is 0 Å². The van der Waals surface area contributed by atoms with Gasteiger partial charge in [0.15, 0.2) is 0 Å². The summed E-state index contributed by atoms with van der Waals surface area (Å²) in [6, 6.07) is 0. The lowest BCUT2D eigenvalue weighted by atomic mass is 10.2. The lowest BCUT2D eigenvalue weighted by molar-refractivity contribution is -0.133. The van der Waals surface area contributed by atoms with Crippen LogP contribution >= 0.6 is 0 Å². The number of aliphatic carboxylic acids is 2. The van der Waals surface area contributed by atoms with E-state index in [4.69, 9.17) is 20.4 Å². The number of primary amides is 2. The van der Waals surface area contributed by atoms with Crippen LogP contribution in [0.1, 0.15) is 40.5 Å². The Morgan fingerprint density at radius 3 is 0.933 bits per heavy atom. The first-order valence-corrected chi connectivity index (χ1v) is 8.70. The number of rotatable bonds is 7. The van der Waals surface area contributed by atoms with Crippen LogP contribution in [-0.2, 0) is 19.1 Å². The molecular formula is C18H36N2O10. The summed E-state index contributed by atoms with van der Waals surface area (Å²) in [4.78, 5) is 38.9. The minimum Gasteiger partial charge on any atom is -0.478 e. The second-order valence-corrected chi connectivity index (χ2v) is 4.48. The molecule has 0 spiro atoms. The van der Waals surface area contributed by atoms with Crippen LogP contribution in [0.25, 0.3) is 0 Å². The van der Waals surface area contributed by atoms with Crippen LogP contribution in [0.2, 0.25) is 0 Å². The predicted molar refractivity (Wildman–Crippen MR) is 111 cm³/mol. The van der Waals surface area contributed by atoms with Crippen molar-refractivity contribution in [3.63, 3.8) is 0 Å². The summed E-state index contributed by atoms with van der Waals surface area (Å²) in [7, 11) is 0. The van der Waals surface area contributed by atoms with E-state index in [1.54, 1.807) is 27.7 Å². The van der Waals surface area contributed by atoms with Crippen molar-refractivity contribution in [1.82, 2.24) is 0 Å². The summed E-state index contributed by atoms with van der Waals surface area (Å²) in [5.41, 5.74) is 9.61.